The van der Waals surface area contributed by atoms with E-state index < -0.39 is 0 Å². The van der Waals surface area contributed by atoms with Crippen LogP contribution in [0.3, 0.4) is 0 Å². The van der Waals surface area contributed by atoms with Gasteiger partial charge in [0.15, 0.2) is 0 Å². The van der Waals surface area contributed by atoms with Crippen molar-refractivity contribution in [1.82, 2.24) is 9.80 Å². The van der Waals surface area contributed by atoms with E-state index in [1.54, 1.807) is 0 Å². The van der Waals surface area contributed by atoms with Crippen LogP contribution >= 0.6 is 0 Å². The molecule has 2 saturated carbocycles. The first-order chi connectivity index (χ1) is 9.78. The standard InChI is InChI=1S/C16H31N3O/c1-20-15-4-2-3-7-16(15,13-17)19-10-8-18(9-11-19)12-14-5-6-14/h14-15H,2-13,17H2,1H3. The Hall–Kier alpha value is -0.160. The number of nitrogens with two attached hydrogens (primary N) is 1. The summed E-state index contributed by atoms with van der Waals surface area (Å²) in [4.78, 5) is 5.31. The highest BCUT2D eigenvalue weighted by molar-refractivity contribution is 5.02. The minimum atomic E-state index is 0.110. The number of piperazine rings is 1. The Bertz CT molecular complexity index is 313. The summed E-state index contributed by atoms with van der Waals surface area (Å²) in [6.45, 7) is 6.85. The second-order valence-corrected chi connectivity index (χ2v) is 7.01. The van der Waals surface area contributed by atoms with Gasteiger partial charge in [-0.15, -0.1) is 0 Å². The number of rotatable bonds is 5. The Labute approximate surface area is 123 Å². The van der Waals surface area contributed by atoms with Crippen molar-refractivity contribution >= 4 is 0 Å². The van der Waals surface area contributed by atoms with Gasteiger partial charge in [-0.05, 0) is 31.6 Å². The smallest absolute Gasteiger partial charge is 0.0767 e. The van der Waals surface area contributed by atoms with E-state index in [0.717, 1.165) is 12.5 Å². The molecule has 0 aromatic heterocycles. The van der Waals surface area contributed by atoms with Crippen LogP contribution in [0.1, 0.15) is 38.5 Å². The van der Waals surface area contributed by atoms with Gasteiger partial charge in [0, 0.05) is 46.4 Å². The van der Waals surface area contributed by atoms with Crippen LogP contribution in [0.15, 0.2) is 0 Å². The highest BCUT2D eigenvalue weighted by Crippen LogP contribution is 2.36. The molecule has 2 aliphatic carbocycles. The summed E-state index contributed by atoms with van der Waals surface area (Å²) in [5.74, 6) is 1.01. The van der Waals surface area contributed by atoms with Gasteiger partial charge in [-0.1, -0.05) is 12.8 Å². The van der Waals surface area contributed by atoms with E-state index >= 15 is 0 Å². The highest BCUT2D eigenvalue weighted by atomic mass is 16.5. The Morgan fingerprint density at radius 2 is 1.85 bits per heavy atom. The summed E-state index contributed by atoms with van der Waals surface area (Å²) >= 11 is 0. The van der Waals surface area contributed by atoms with Gasteiger partial charge < -0.3 is 15.4 Å². The fourth-order valence-electron chi connectivity index (χ4n) is 4.29. The van der Waals surface area contributed by atoms with Gasteiger partial charge in [-0.2, -0.15) is 0 Å². The minimum Gasteiger partial charge on any atom is -0.379 e. The van der Waals surface area contributed by atoms with Gasteiger partial charge in [0.05, 0.1) is 11.6 Å². The SMILES string of the molecule is COC1CCCCC1(CN)N1CCN(CC2CC2)CC1. The van der Waals surface area contributed by atoms with E-state index in [1.807, 2.05) is 7.11 Å². The van der Waals surface area contributed by atoms with Crippen LogP contribution in [0.2, 0.25) is 0 Å². The van der Waals surface area contributed by atoms with Crippen LogP contribution in [0, 0.1) is 5.92 Å². The van der Waals surface area contributed by atoms with Crippen LogP contribution in [0.5, 0.6) is 0 Å². The number of methoxy groups -OCH3 is 1. The lowest BCUT2D eigenvalue weighted by atomic mass is 9.77. The molecule has 4 heteroatoms. The van der Waals surface area contributed by atoms with Crippen molar-refractivity contribution < 1.29 is 4.74 Å². The minimum absolute atomic E-state index is 0.110. The molecule has 0 radical (unpaired) electrons. The van der Waals surface area contributed by atoms with Crippen LogP contribution < -0.4 is 5.73 Å². The van der Waals surface area contributed by atoms with Crippen LogP contribution in [-0.2, 0) is 4.74 Å². The Morgan fingerprint density at radius 1 is 1.10 bits per heavy atom. The van der Waals surface area contributed by atoms with Crippen molar-refractivity contribution in [1.29, 1.82) is 0 Å². The molecule has 2 unspecified atom stereocenters. The average Bonchev–Trinajstić information content (AvgIpc) is 3.31. The zero-order valence-electron chi connectivity index (χ0n) is 13.0. The maximum absolute atomic E-state index is 6.23. The molecule has 0 bridgehead atoms. The largest absolute Gasteiger partial charge is 0.379 e. The summed E-state index contributed by atoms with van der Waals surface area (Å²) in [7, 11) is 1.86. The summed E-state index contributed by atoms with van der Waals surface area (Å²) in [5.41, 5.74) is 6.33. The van der Waals surface area contributed by atoms with Crippen molar-refractivity contribution in [3.05, 3.63) is 0 Å². The van der Waals surface area contributed by atoms with Gasteiger partial charge >= 0.3 is 0 Å². The van der Waals surface area contributed by atoms with E-state index in [-0.39, 0.29) is 5.54 Å². The Morgan fingerprint density at radius 3 is 2.45 bits per heavy atom. The van der Waals surface area contributed by atoms with E-state index in [4.69, 9.17) is 10.5 Å². The third-order valence-electron chi connectivity index (χ3n) is 5.78. The third kappa shape index (κ3) is 2.89. The third-order valence-corrected chi connectivity index (χ3v) is 5.78. The fraction of sp³-hybridized carbons (Fsp3) is 1.00. The quantitative estimate of drug-likeness (QED) is 0.825. The van der Waals surface area contributed by atoms with Crippen molar-refractivity contribution in [3.8, 4) is 0 Å². The second-order valence-electron chi connectivity index (χ2n) is 7.01. The molecule has 3 rings (SSSR count). The fourth-order valence-corrected chi connectivity index (χ4v) is 4.29. The van der Waals surface area contributed by atoms with Gasteiger partial charge in [-0.25, -0.2) is 0 Å². The molecule has 0 spiro atoms. The van der Waals surface area contributed by atoms with E-state index in [1.165, 1.54) is 71.2 Å². The number of hydrogen-bond acceptors (Lipinski definition) is 4. The summed E-state index contributed by atoms with van der Waals surface area (Å²) in [6, 6.07) is 0. The Kier molecular flexibility index (Phi) is 4.65. The summed E-state index contributed by atoms with van der Waals surface area (Å²) in [5, 5.41) is 0. The predicted octanol–water partition coefficient (Wildman–Crippen LogP) is 1.30. The molecular weight excluding hydrogens is 250 g/mol. The molecule has 1 aliphatic heterocycles. The van der Waals surface area contributed by atoms with Crippen molar-refractivity contribution in [3.63, 3.8) is 0 Å². The topological polar surface area (TPSA) is 41.7 Å². The summed E-state index contributed by atoms with van der Waals surface area (Å²) in [6.07, 6.45) is 8.23. The molecule has 20 heavy (non-hydrogen) atoms. The highest BCUT2D eigenvalue weighted by Gasteiger charge is 2.45. The molecule has 4 nitrogen and oxygen atoms in total. The predicted molar refractivity (Wildman–Crippen MR) is 81.8 cm³/mol. The molecule has 0 amide bonds. The average molecular weight is 281 g/mol. The maximum atomic E-state index is 6.23. The molecule has 116 valence electrons. The number of ether oxygens (including phenoxy) is 1. The lowest BCUT2D eigenvalue weighted by Crippen LogP contribution is -2.66. The van der Waals surface area contributed by atoms with Gasteiger partial charge in [-0.3, -0.25) is 4.90 Å². The first-order valence-electron chi connectivity index (χ1n) is 8.49. The molecule has 3 aliphatic rings. The lowest BCUT2D eigenvalue weighted by molar-refractivity contribution is -0.0888. The van der Waals surface area contributed by atoms with Crippen LogP contribution in [-0.4, -0.2) is 67.8 Å². The molecule has 1 saturated heterocycles. The molecule has 2 atom stereocenters. The number of nitrogens with zero attached hydrogens (tertiary/aromatic N) is 2. The van der Waals surface area contributed by atoms with Gasteiger partial charge in [0.2, 0.25) is 0 Å². The van der Waals surface area contributed by atoms with Crippen LogP contribution in [0.25, 0.3) is 0 Å². The second kappa shape index (κ2) is 6.30. The maximum Gasteiger partial charge on any atom is 0.0767 e. The van der Waals surface area contributed by atoms with Crippen molar-refractivity contribution in [2.75, 3.05) is 46.4 Å². The molecule has 2 N–H and O–H groups in total. The first kappa shape index (κ1) is 14.8. The van der Waals surface area contributed by atoms with Crippen molar-refractivity contribution in [2.45, 2.75) is 50.2 Å². The monoisotopic (exact) mass is 281 g/mol. The Balaban J connectivity index is 1.61. The van der Waals surface area contributed by atoms with E-state index in [2.05, 4.69) is 9.80 Å². The molecule has 0 aromatic rings. The van der Waals surface area contributed by atoms with E-state index in [0.29, 0.717) is 6.10 Å². The molecule has 0 aromatic carbocycles. The first-order valence-corrected chi connectivity index (χ1v) is 8.49. The lowest BCUT2D eigenvalue weighted by Gasteiger charge is -2.52. The number of hydrogen-bond donors (Lipinski definition) is 1. The summed E-state index contributed by atoms with van der Waals surface area (Å²) < 4.78 is 5.82. The van der Waals surface area contributed by atoms with Crippen LogP contribution in [0.4, 0.5) is 0 Å². The van der Waals surface area contributed by atoms with Gasteiger partial charge in [0.1, 0.15) is 0 Å². The molecule has 1 heterocycles. The zero-order chi connectivity index (χ0) is 14.0. The zero-order valence-corrected chi connectivity index (χ0v) is 13.0. The van der Waals surface area contributed by atoms with Gasteiger partial charge in [0.25, 0.3) is 0 Å². The molecular formula is C16H31N3O. The molecule has 3 fully saturated rings. The normalized spacial score (nSPS) is 37.2. The van der Waals surface area contributed by atoms with E-state index in [9.17, 15) is 0 Å². The van der Waals surface area contributed by atoms with Crippen molar-refractivity contribution in [2.24, 2.45) is 11.7 Å².